The molecule has 2 atom stereocenters. The van der Waals surface area contributed by atoms with Gasteiger partial charge in [-0.15, -0.1) is 0 Å². The quantitative estimate of drug-likeness (QED) is 0.771. The van der Waals surface area contributed by atoms with Gasteiger partial charge < -0.3 is 15.3 Å². The monoisotopic (exact) mass is 195 g/mol. The lowest BCUT2D eigenvalue weighted by Crippen LogP contribution is -2.27. The van der Waals surface area contributed by atoms with Crippen LogP contribution >= 0.6 is 0 Å². The average Bonchev–Trinajstić information content (AvgIpc) is 2.93. The van der Waals surface area contributed by atoms with Crippen LogP contribution in [-0.2, 0) is 0 Å². The van der Waals surface area contributed by atoms with E-state index in [4.69, 9.17) is 10.2 Å². The molecule has 3 nitrogen and oxygen atoms in total. The summed E-state index contributed by atoms with van der Waals surface area (Å²) in [5.74, 6) is 1.98. The zero-order chi connectivity index (χ0) is 10.3. The van der Waals surface area contributed by atoms with E-state index in [0.717, 1.165) is 24.2 Å². The van der Waals surface area contributed by atoms with Gasteiger partial charge in [-0.1, -0.05) is 0 Å². The highest BCUT2D eigenvalue weighted by atomic mass is 16.3. The van der Waals surface area contributed by atoms with Crippen molar-refractivity contribution in [3.05, 3.63) is 23.2 Å². The highest BCUT2D eigenvalue weighted by Gasteiger charge is 2.35. The van der Waals surface area contributed by atoms with Crippen molar-refractivity contribution in [3.8, 4) is 0 Å². The van der Waals surface area contributed by atoms with Crippen LogP contribution in [0, 0.1) is 19.8 Å². The van der Waals surface area contributed by atoms with E-state index < -0.39 is 6.10 Å². The average molecular weight is 195 g/mol. The summed E-state index contributed by atoms with van der Waals surface area (Å²) in [6.45, 7) is 3.90. The molecule has 0 amide bonds. The number of nitrogens with two attached hydrogens (primary N) is 1. The van der Waals surface area contributed by atoms with Crippen LogP contribution in [0.25, 0.3) is 0 Å². The number of hydrogen-bond donors (Lipinski definition) is 2. The van der Waals surface area contributed by atoms with E-state index in [2.05, 4.69) is 0 Å². The molecule has 0 radical (unpaired) electrons. The molecule has 1 heterocycles. The third kappa shape index (κ3) is 1.70. The third-order valence-corrected chi connectivity index (χ3v) is 2.99. The predicted molar refractivity (Wildman–Crippen MR) is 53.8 cm³/mol. The fourth-order valence-corrected chi connectivity index (χ4v) is 1.67. The van der Waals surface area contributed by atoms with Gasteiger partial charge in [0.1, 0.15) is 11.5 Å². The molecule has 14 heavy (non-hydrogen) atoms. The Bertz CT molecular complexity index is 309. The zero-order valence-corrected chi connectivity index (χ0v) is 8.66. The second-order valence-electron chi connectivity index (χ2n) is 4.24. The van der Waals surface area contributed by atoms with Gasteiger partial charge in [-0.2, -0.15) is 0 Å². The van der Waals surface area contributed by atoms with Gasteiger partial charge in [0.15, 0.2) is 0 Å². The van der Waals surface area contributed by atoms with Gasteiger partial charge >= 0.3 is 0 Å². The van der Waals surface area contributed by atoms with Gasteiger partial charge in [-0.3, -0.25) is 0 Å². The molecule has 1 saturated carbocycles. The van der Waals surface area contributed by atoms with Gasteiger partial charge in [-0.05, 0) is 44.2 Å². The molecule has 1 aliphatic carbocycles. The van der Waals surface area contributed by atoms with E-state index in [1.807, 2.05) is 19.9 Å². The van der Waals surface area contributed by atoms with Crippen molar-refractivity contribution >= 4 is 0 Å². The molecule has 0 saturated heterocycles. The summed E-state index contributed by atoms with van der Waals surface area (Å²) < 4.78 is 5.49. The largest absolute Gasteiger partial charge is 0.464 e. The molecule has 2 unspecified atom stereocenters. The van der Waals surface area contributed by atoms with Crippen LogP contribution in [-0.4, -0.2) is 11.2 Å². The molecule has 3 heteroatoms. The second-order valence-corrected chi connectivity index (χ2v) is 4.24. The Morgan fingerprint density at radius 1 is 1.50 bits per heavy atom. The Morgan fingerprint density at radius 2 is 2.14 bits per heavy atom. The molecule has 3 N–H and O–H groups in total. The van der Waals surface area contributed by atoms with Gasteiger partial charge in [0.05, 0.1) is 12.1 Å². The van der Waals surface area contributed by atoms with Gasteiger partial charge in [0, 0.05) is 0 Å². The first-order valence-corrected chi connectivity index (χ1v) is 5.10. The van der Waals surface area contributed by atoms with E-state index in [9.17, 15) is 5.11 Å². The van der Waals surface area contributed by atoms with Crippen molar-refractivity contribution in [2.24, 2.45) is 11.7 Å². The van der Waals surface area contributed by atoms with Crippen molar-refractivity contribution in [2.75, 3.05) is 0 Å². The molecular formula is C11H17NO2. The van der Waals surface area contributed by atoms with E-state index in [1.165, 1.54) is 0 Å². The summed E-state index contributed by atoms with van der Waals surface area (Å²) >= 11 is 0. The Morgan fingerprint density at radius 3 is 2.57 bits per heavy atom. The van der Waals surface area contributed by atoms with Crippen molar-refractivity contribution in [1.82, 2.24) is 0 Å². The maximum atomic E-state index is 9.83. The number of aliphatic hydroxyl groups is 1. The summed E-state index contributed by atoms with van der Waals surface area (Å²) in [5, 5.41) is 9.83. The first kappa shape index (κ1) is 9.74. The molecule has 78 valence electrons. The van der Waals surface area contributed by atoms with E-state index >= 15 is 0 Å². The maximum absolute atomic E-state index is 9.83. The second kappa shape index (κ2) is 3.41. The van der Waals surface area contributed by atoms with Gasteiger partial charge in [-0.25, -0.2) is 0 Å². The lowest BCUT2D eigenvalue weighted by Gasteiger charge is -2.15. The summed E-state index contributed by atoms with van der Waals surface area (Å²) in [6.07, 6.45) is 1.74. The topological polar surface area (TPSA) is 59.4 Å². The minimum atomic E-state index is -0.444. The summed E-state index contributed by atoms with van der Waals surface area (Å²) in [4.78, 5) is 0. The fourth-order valence-electron chi connectivity index (χ4n) is 1.67. The van der Waals surface area contributed by atoms with Crippen molar-refractivity contribution in [2.45, 2.75) is 38.8 Å². The molecule has 0 aromatic carbocycles. The summed E-state index contributed by atoms with van der Waals surface area (Å²) in [6, 6.07) is 1.56. The Kier molecular flexibility index (Phi) is 2.37. The first-order valence-electron chi connectivity index (χ1n) is 5.10. The number of hydrogen-bond acceptors (Lipinski definition) is 3. The lowest BCUT2D eigenvalue weighted by atomic mass is 10.1. The number of aliphatic hydroxyl groups excluding tert-OH is 1. The van der Waals surface area contributed by atoms with Crippen LogP contribution in [0.4, 0.5) is 0 Å². The van der Waals surface area contributed by atoms with Crippen molar-refractivity contribution < 1.29 is 9.52 Å². The van der Waals surface area contributed by atoms with E-state index in [-0.39, 0.29) is 6.04 Å². The third-order valence-electron chi connectivity index (χ3n) is 2.99. The number of rotatable bonds is 3. The SMILES string of the molecule is Cc1cc(C(N)C(O)C2CC2)oc1C. The minimum absolute atomic E-state index is 0.366. The van der Waals surface area contributed by atoms with Gasteiger partial charge in [0.25, 0.3) is 0 Å². The minimum Gasteiger partial charge on any atom is -0.464 e. The smallest absolute Gasteiger partial charge is 0.123 e. The van der Waals surface area contributed by atoms with Crippen LogP contribution in [0.15, 0.2) is 10.5 Å². The van der Waals surface area contributed by atoms with Crippen LogP contribution in [0.2, 0.25) is 0 Å². The van der Waals surface area contributed by atoms with Crippen LogP contribution < -0.4 is 5.73 Å². The fraction of sp³-hybridized carbons (Fsp3) is 0.636. The molecule has 1 aromatic rings. The molecule has 0 spiro atoms. The molecule has 2 rings (SSSR count). The Labute approximate surface area is 83.9 Å². The first-order chi connectivity index (χ1) is 6.59. The highest BCUT2D eigenvalue weighted by Crippen LogP contribution is 2.37. The molecule has 1 fully saturated rings. The number of furan rings is 1. The lowest BCUT2D eigenvalue weighted by molar-refractivity contribution is 0.113. The standard InChI is InChI=1S/C11H17NO2/c1-6-5-9(14-7(6)2)10(12)11(13)8-3-4-8/h5,8,10-11,13H,3-4,12H2,1-2H3. The normalized spacial score (nSPS) is 20.9. The van der Waals surface area contributed by atoms with Crippen molar-refractivity contribution in [1.29, 1.82) is 0 Å². The van der Waals surface area contributed by atoms with Crippen LogP contribution in [0.1, 0.15) is 36.0 Å². The highest BCUT2D eigenvalue weighted by molar-refractivity contribution is 5.21. The molecule has 1 aromatic heterocycles. The maximum Gasteiger partial charge on any atom is 0.123 e. The van der Waals surface area contributed by atoms with E-state index in [0.29, 0.717) is 11.7 Å². The predicted octanol–water partition coefficient (Wildman–Crippen LogP) is 1.67. The van der Waals surface area contributed by atoms with Gasteiger partial charge in [0.2, 0.25) is 0 Å². The number of aryl methyl sites for hydroxylation is 2. The molecule has 1 aliphatic rings. The van der Waals surface area contributed by atoms with Crippen LogP contribution in [0.5, 0.6) is 0 Å². The van der Waals surface area contributed by atoms with Crippen LogP contribution in [0.3, 0.4) is 0 Å². The Balaban J connectivity index is 2.13. The van der Waals surface area contributed by atoms with E-state index in [1.54, 1.807) is 0 Å². The Hall–Kier alpha value is -0.800. The molecular weight excluding hydrogens is 178 g/mol. The summed E-state index contributed by atoms with van der Waals surface area (Å²) in [5.41, 5.74) is 7.01. The zero-order valence-electron chi connectivity index (χ0n) is 8.66. The summed E-state index contributed by atoms with van der Waals surface area (Å²) in [7, 11) is 0. The molecule has 0 aliphatic heterocycles. The molecule has 0 bridgehead atoms. The van der Waals surface area contributed by atoms with Crippen molar-refractivity contribution in [3.63, 3.8) is 0 Å².